The summed E-state index contributed by atoms with van der Waals surface area (Å²) in [6.45, 7) is 3.61. The van der Waals surface area contributed by atoms with Crippen LogP contribution in [0.15, 0.2) is 43.0 Å². The highest BCUT2D eigenvalue weighted by molar-refractivity contribution is 6.00. The van der Waals surface area contributed by atoms with Crippen molar-refractivity contribution in [1.29, 1.82) is 0 Å². The number of benzene rings is 1. The molecule has 0 N–H and O–H groups in total. The highest BCUT2D eigenvalue weighted by Crippen LogP contribution is 2.31. The van der Waals surface area contributed by atoms with Gasteiger partial charge in [-0.2, -0.15) is 0 Å². The minimum Gasteiger partial charge on any atom is -0.497 e. The van der Waals surface area contributed by atoms with E-state index < -0.39 is 17.4 Å². The van der Waals surface area contributed by atoms with Crippen LogP contribution in [-0.2, 0) is 19.1 Å². The zero-order valence-corrected chi connectivity index (χ0v) is 13.7. The molecule has 0 atom stereocenters. The Morgan fingerprint density at radius 3 is 2.04 bits per heavy atom. The molecule has 0 aliphatic heterocycles. The first-order valence-electron chi connectivity index (χ1n) is 7.12. The van der Waals surface area contributed by atoms with E-state index in [1.54, 1.807) is 13.2 Å². The fraction of sp³-hybridized carbons (Fsp3) is 0.333. The van der Waals surface area contributed by atoms with Crippen molar-refractivity contribution < 1.29 is 23.8 Å². The van der Waals surface area contributed by atoms with Crippen LogP contribution in [0.2, 0.25) is 0 Å². The molecule has 124 valence electrons. The van der Waals surface area contributed by atoms with Crippen LogP contribution in [0.4, 0.5) is 0 Å². The first-order valence-corrected chi connectivity index (χ1v) is 7.12. The minimum absolute atomic E-state index is 0.138. The molecule has 0 saturated heterocycles. The molecule has 0 amide bonds. The molecule has 0 heterocycles. The van der Waals surface area contributed by atoms with Crippen molar-refractivity contribution in [1.82, 2.24) is 0 Å². The van der Waals surface area contributed by atoms with E-state index in [4.69, 9.17) is 14.2 Å². The van der Waals surface area contributed by atoms with Crippen molar-refractivity contribution in [3.8, 4) is 5.75 Å². The van der Waals surface area contributed by atoms with Gasteiger partial charge in [0.05, 0.1) is 21.3 Å². The Morgan fingerprint density at radius 2 is 1.61 bits per heavy atom. The highest BCUT2D eigenvalue weighted by atomic mass is 16.5. The van der Waals surface area contributed by atoms with E-state index in [0.717, 1.165) is 11.3 Å². The molecule has 23 heavy (non-hydrogen) atoms. The van der Waals surface area contributed by atoms with Crippen molar-refractivity contribution in [2.45, 2.75) is 12.8 Å². The Balaban J connectivity index is 2.99. The van der Waals surface area contributed by atoms with Gasteiger partial charge in [0, 0.05) is 0 Å². The largest absolute Gasteiger partial charge is 0.497 e. The maximum atomic E-state index is 12.1. The number of rotatable bonds is 8. The van der Waals surface area contributed by atoms with Crippen LogP contribution in [0, 0.1) is 5.41 Å². The van der Waals surface area contributed by atoms with Gasteiger partial charge in [0.1, 0.15) is 5.75 Å². The average Bonchev–Trinajstić information content (AvgIpc) is 2.60. The molecule has 1 rings (SSSR count). The number of esters is 2. The maximum absolute atomic E-state index is 12.1. The molecule has 0 aliphatic rings. The molecular formula is C18H22O5. The van der Waals surface area contributed by atoms with Gasteiger partial charge in [-0.1, -0.05) is 30.4 Å². The maximum Gasteiger partial charge on any atom is 0.323 e. The molecule has 0 spiro atoms. The van der Waals surface area contributed by atoms with E-state index >= 15 is 0 Å². The number of hydrogen-bond acceptors (Lipinski definition) is 5. The molecule has 0 unspecified atom stereocenters. The van der Waals surface area contributed by atoms with Crippen LogP contribution in [-0.4, -0.2) is 33.3 Å². The average molecular weight is 318 g/mol. The van der Waals surface area contributed by atoms with E-state index in [1.165, 1.54) is 20.3 Å². The summed E-state index contributed by atoms with van der Waals surface area (Å²) >= 11 is 0. The highest BCUT2D eigenvalue weighted by Gasteiger charge is 2.46. The molecule has 5 heteroatoms. The van der Waals surface area contributed by atoms with Crippen LogP contribution in [0.25, 0.3) is 6.08 Å². The summed E-state index contributed by atoms with van der Waals surface area (Å²) in [5.74, 6) is -0.514. The lowest BCUT2D eigenvalue weighted by Crippen LogP contribution is -2.40. The smallest absolute Gasteiger partial charge is 0.323 e. The fourth-order valence-corrected chi connectivity index (χ4v) is 2.25. The Bertz CT molecular complexity index is 556. The van der Waals surface area contributed by atoms with Gasteiger partial charge in [0.15, 0.2) is 5.41 Å². The van der Waals surface area contributed by atoms with E-state index in [2.05, 4.69) is 6.58 Å². The Morgan fingerprint density at radius 1 is 1.04 bits per heavy atom. The van der Waals surface area contributed by atoms with Crippen molar-refractivity contribution in [3.63, 3.8) is 0 Å². The van der Waals surface area contributed by atoms with E-state index in [-0.39, 0.29) is 12.8 Å². The third-order valence-electron chi connectivity index (χ3n) is 3.54. The molecule has 1 aromatic carbocycles. The summed E-state index contributed by atoms with van der Waals surface area (Å²) in [6.07, 6.45) is 5.38. The molecule has 0 aliphatic carbocycles. The topological polar surface area (TPSA) is 61.8 Å². The van der Waals surface area contributed by atoms with Gasteiger partial charge in [0.2, 0.25) is 0 Å². The summed E-state index contributed by atoms with van der Waals surface area (Å²) in [5, 5.41) is 0. The Labute approximate surface area is 136 Å². The SMILES string of the molecule is C=CCC(C/C=C/c1ccc(OC)cc1)(C(=O)OC)C(=O)OC. The minimum atomic E-state index is -1.41. The summed E-state index contributed by atoms with van der Waals surface area (Å²) in [5.41, 5.74) is -0.484. The quantitative estimate of drug-likeness (QED) is 0.419. The van der Waals surface area contributed by atoms with Crippen LogP contribution in [0.5, 0.6) is 5.75 Å². The van der Waals surface area contributed by atoms with Crippen molar-refractivity contribution in [2.24, 2.45) is 5.41 Å². The van der Waals surface area contributed by atoms with Gasteiger partial charge in [-0.25, -0.2) is 0 Å². The predicted molar refractivity (Wildman–Crippen MR) is 87.9 cm³/mol. The lowest BCUT2D eigenvalue weighted by molar-refractivity contribution is -0.168. The van der Waals surface area contributed by atoms with Crippen LogP contribution in [0.3, 0.4) is 0 Å². The molecule has 1 aromatic rings. The van der Waals surface area contributed by atoms with Gasteiger partial charge in [-0.05, 0) is 30.5 Å². The van der Waals surface area contributed by atoms with E-state index in [9.17, 15) is 9.59 Å². The standard InChI is InChI=1S/C18H22O5/c1-5-12-18(16(19)22-3,17(20)23-4)13-6-7-14-8-10-15(21-2)11-9-14/h5-11H,1,12-13H2,2-4H3/b7-6+. The third kappa shape index (κ3) is 4.45. The molecule has 0 fully saturated rings. The second kappa shape index (κ2) is 8.78. The second-order valence-corrected chi connectivity index (χ2v) is 4.94. The summed E-state index contributed by atoms with van der Waals surface area (Å²) in [6, 6.07) is 7.41. The van der Waals surface area contributed by atoms with Crippen molar-refractivity contribution in [3.05, 3.63) is 48.6 Å². The second-order valence-electron chi connectivity index (χ2n) is 4.94. The Hall–Kier alpha value is -2.56. The zero-order valence-electron chi connectivity index (χ0n) is 13.7. The van der Waals surface area contributed by atoms with Crippen molar-refractivity contribution >= 4 is 18.0 Å². The van der Waals surface area contributed by atoms with Gasteiger partial charge < -0.3 is 14.2 Å². The molecule has 5 nitrogen and oxygen atoms in total. The summed E-state index contributed by atoms with van der Waals surface area (Å²) in [7, 11) is 4.09. The van der Waals surface area contributed by atoms with Gasteiger partial charge in [0.25, 0.3) is 0 Å². The summed E-state index contributed by atoms with van der Waals surface area (Å²) < 4.78 is 14.7. The molecule has 0 aromatic heterocycles. The normalized spacial score (nSPS) is 11.1. The number of carbonyl (C=O) groups is 2. The van der Waals surface area contributed by atoms with E-state index in [1.807, 2.05) is 30.3 Å². The van der Waals surface area contributed by atoms with Crippen LogP contribution < -0.4 is 4.74 Å². The van der Waals surface area contributed by atoms with E-state index in [0.29, 0.717) is 0 Å². The Kier molecular flexibility index (Phi) is 7.06. The zero-order chi connectivity index (χ0) is 17.3. The van der Waals surface area contributed by atoms with Crippen LogP contribution >= 0.6 is 0 Å². The first-order chi connectivity index (χ1) is 11.0. The van der Waals surface area contributed by atoms with Gasteiger partial charge in [-0.3, -0.25) is 9.59 Å². The van der Waals surface area contributed by atoms with Crippen LogP contribution in [0.1, 0.15) is 18.4 Å². The fourth-order valence-electron chi connectivity index (χ4n) is 2.25. The number of methoxy groups -OCH3 is 3. The predicted octanol–water partition coefficient (Wildman–Crippen LogP) is 3.01. The van der Waals surface area contributed by atoms with Crippen molar-refractivity contribution in [2.75, 3.05) is 21.3 Å². The molecule has 0 saturated carbocycles. The lowest BCUT2D eigenvalue weighted by Gasteiger charge is -2.25. The van der Waals surface area contributed by atoms with Gasteiger partial charge >= 0.3 is 11.9 Å². The molecular weight excluding hydrogens is 296 g/mol. The number of hydrogen-bond donors (Lipinski definition) is 0. The summed E-state index contributed by atoms with van der Waals surface area (Å²) in [4.78, 5) is 24.3. The number of ether oxygens (including phenoxy) is 3. The number of carbonyl (C=O) groups excluding carboxylic acids is 2. The molecule has 0 radical (unpaired) electrons. The number of allylic oxidation sites excluding steroid dienone is 2. The molecule has 0 bridgehead atoms. The monoisotopic (exact) mass is 318 g/mol. The third-order valence-corrected chi connectivity index (χ3v) is 3.54. The lowest BCUT2D eigenvalue weighted by atomic mass is 9.80. The first kappa shape index (κ1) is 18.5. The van der Waals surface area contributed by atoms with Gasteiger partial charge in [-0.15, -0.1) is 6.58 Å².